The van der Waals surface area contributed by atoms with Crippen molar-refractivity contribution in [3.8, 4) is 0 Å². The molecule has 3 aromatic carbocycles. The maximum absolute atomic E-state index is 12.3. The van der Waals surface area contributed by atoms with Crippen molar-refractivity contribution >= 4 is 6.09 Å². The second-order valence-corrected chi connectivity index (χ2v) is 8.69. The Morgan fingerprint density at radius 1 is 0.806 bits per heavy atom. The van der Waals surface area contributed by atoms with Crippen LogP contribution in [0.15, 0.2) is 91.0 Å². The Balaban J connectivity index is 1.81. The number of benzene rings is 3. The highest BCUT2D eigenvalue weighted by Crippen LogP contribution is 2.23. The number of amides is 1. The van der Waals surface area contributed by atoms with Gasteiger partial charge in [0.05, 0.1) is 6.04 Å². The summed E-state index contributed by atoms with van der Waals surface area (Å²) in [5.41, 5.74) is 3.06. The van der Waals surface area contributed by atoms with E-state index in [4.69, 9.17) is 4.74 Å². The predicted octanol–water partition coefficient (Wildman–Crippen LogP) is 5.50. The van der Waals surface area contributed by atoms with Crippen LogP contribution in [0.1, 0.15) is 43.5 Å². The molecule has 4 heteroatoms. The number of carbonyl (C=O) groups excluding carboxylic acids is 1. The molecule has 0 aliphatic rings. The van der Waals surface area contributed by atoms with Crippen molar-refractivity contribution < 1.29 is 9.53 Å². The third-order valence-corrected chi connectivity index (χ3v) is 4.88. The monoisotopic (exact) mass is 416 g/mol. The first kappa shape index (κ1) is 22.6. The minimum Gasteiger partial charge on any atom is -0.444 e. The van der Waals surface area contributed by atoms with Gasteiger partial charge in [-0.25, -0.2) is 4.79 Å². The molecule has 0 heterocycles. The van der Waals surface area contributed by atoms with Gasteiger partial charge in [-0.15, -0.1) is 0 Å². The largest absolute Gasteiger partial charge is 0.444 e. The lowest BCUT2D eigenvalue weighted by atomic mass is 9.96. The van der Waals surface area contributed by atoms with Crippen LogP contribution in [0.5, 0.6) is 0 Å². The molecule has 162 valence electrons. The van der Waals surface area contributed by atoms with Crippen molar-refractivity contribution in [2.24, 2.45) is 0 Å². The van der Waals surface area contributed by atoms with Crippen LogP contribution in [-0.4, -0.2) is 24.3 Å². The lowest BCUT2D eigenvalue weighted by Crippen LogP contribution is -2.45. The fourth-order valence-corrected chi connectivity index (χ4v) is 3.52. The van der Waals surface area contributed by atoms with Crippen LogP contribution in [-0.2, 0) is 11.2 Å². The molecule has 0 radical (unpaired) electrons. The Labute approximate surface area is 185 Å². The summed E-state index contributed by atoms with van der Waals surface area (Å²) in [6, 6.07) is 31.1. The van der Waals surface area contributed by atoms with Crippen LogP contribution >= 0.6 is 0 Å². The molecule has 0 spiro atoms. The molecule has 3 rings (SSSR count). The van der Waals surface area contributed by atoms with Gasteiger partial charge in [0.1, 0.15) is 5.60 Å². The van der Waals surface area contributed by atoms with Crippen molar-refractivity contribution in [2.45, 2.75) is 44.9 Å². The van der Waals surface area contributed by atoms with E-state index in [1.807, 2.05) is 51.1 Å². The molecule has 0 saturated heterocycles. The summed E-state index contributed by atoms with van der Waals surface area (Å²) in [5.74, 6) is 0. The van der Waals surface area contributed by atoms with Gasteiger partial charge in [0, 0.05) is 12.6 Å². The van der Waals surface area contributed by atoms with Crippen LogP contribution in [0.3, 0.4) is 0 Å². The molecule has 2 N–H and O–H groups in total. The third-order valence-electron chi connectivity index (χ3n) is 4.88. The molecule has 1 atom stereocenters. The summed E-state index contributed by atoms with van der Waals surface area (Å²) in [7, 11) is 0. The van der Waals surface area contributed by atoms with Crippen LogP contribution in [0.2, 0.25) is 0 Å². The quantitative estimate of drug-likeness (QED) is 0.510. The molecule has 0 unspecified atom stereocenters. The number of rotatable bonds is 8. The van der Waals surface area contributed by atoms with Gasteiger partial charge in [-0.1, -0.05) is 91.0 Å². The number of alkyl carbamates (subject to hydrolysis) is 1. The molecule has 0 fully saturated rings. The van der Waals surface area contributed by atoms with Crippen LogP contribution in [0.4, 0.5) is 4.79 Å². The topological polar surface area (TPSA) is 50.4 Å². The Morgan fingerprint density at radius 3 is 1.77 bits per heavy atom. The average molecular weight is 417 g/mol. The first-order valence-electron chi connectivity index (χ1n) is 10.8. The zero-order chi connectivity index (χ0) is 22.1. The summed E-state index contributed by atoms with van der Waals surface area (Å²) < 4.78 is 5.43. The Kier molecular flexibility index (Phi) is 7.85. The summed E-state index contributed by atoms with van der Waals surface area (Å²) in [6.45, 7) is 6.06. The van der Waals surface area contributed by atoms with E-state index < -0.39 is 11.7 Å². The van der Waals surface area contributed by atoms with E-state index in [0.29, 0.717) is 6.54 Å². The minimum atomic E-state index is -0.525. The van der Waals surface area contributed by atoms with Crippen LogP contribution in [0.25, 0.3) is 0 Å². The van der Waals surface area contributed by atoms with E-state index in [1.54, 1.807) is 0 Å². The summed E-state index contributed by atoms with van der Waals surface area (Å²) in [5, 5.41) is 6.73. The highest BCUT2D eigenvalue weighted by atomic mass is 16.6. The first-order chi connectivity index (χ1) is 14.9. The number of hydrogen-bond acceptors (Lipinski definition) is 3. The normalized spacial score (nSPS) is 12.4. The van der Waals surface area contributed by atoms with E-state index in [9.17, 15) is 4.79 Å². The zero-order valence-corrected chi connectivity index (χ0v) is 18.5. The summed E-state index contributed by atoms with van der Waals surface area (Å²) in [6.07, 6.45) is 0.385. The fraction of sp³-hybridized carbons (Fsp3) is 0.296. The molecular weight excluding hydrogens is 384 g/mol. The second kappa shape index (κ2) is 10.8. The second-order valence-electron chi connectivity index (χ2n) is 8.69. The van der Waals surface area contributed by atoms with E-state index in [2.05, 4.69) is 71.3 Å². The Bertz CT molecular complexity index is 882. The molecule has 1 amide bonds. The summed E-state index contributed by atoms with van der Waals surface area (Å²) >= 11 is 0. The van der Waals surface area contributed by atoms with Gasteiger partial charge >= 0.3 is 6.09 Å². The van der Waals surface area contributed by atoms with Crippen molar-refractivity contribution in [1.29, 1.82) is 0 Å². The van der Waals surface area contributed by atoms with E-state index in [1.165, 1.54) is 16.7 Å². The molecule has 0 aliphatic carbocycles. The van der Waals surface area contributed by atoms with Gasteiger partial charge in [-0.05, 0) is 43.9 Å². The van der Waals surface area contributed by atoms with Gasteiger partial charge < -0.3 is 15.4 Å². The highest BCUT2D eigenvalue weighted by Gasteiger charge is 2.21. The molecule has 0 bridgehead atoms. The fourth-order valence-electron chi connectivity index (χ4n) is 3.52. The first-order valence-corrected chi connectivity index (χ1v) is 10.8. The van der Waals surface area contributed by atoms with Gasteiger partial charge in [0.25, 0.3) is 0 Å². The molecule has 0 aromatic heterocycles. The van der Waals surface area contributed by atoms with Crippen molar-refractivity contribution in [3.63, 3.8) is 0 Å². The standard InChI is InChI=1S/C27H32N2O2/c1-27(2,3)31-26(30)28-20-24(19-21-13-7-4-8-14-21)29-25(22-15-9-5-10-16-22)23-17-11-6-12-18-23/h4-18,24-25,29H,19-20H2,1-3H3,(H,28,30)/t24-/m1/s1. The maximum Gasteiger partial charge on any atom is 0.407 e. The van der Waals surface area contributed by atoms with Crippen molar-refractivity contribution in [3.05, 3.63) is 108 Å². The molecule has 0 aliphatic heterocycles. The lowest BCUT2D eigenvalue weighted by molar-refractivity contribution is 0.0522. The molecule has 31 heavy (non-hydrogen) atoms. The zero-order valence-electron chi connectivity index (χ0n) is 18.5. The van der Waals surface area contributed by atoms with Gasteiger partial charge in [-0.3, -0.25) is 0 Å². The predicted molar refractivity (Wildman–Crippen MR) is 126 cm³/mol. The van der Waals surface area contributed by atoms with Crippen molar-refractivity contribution in [2.75, 3.05) is 6.54 Å². The Hall–Kier alpha value is -3.11. The smallest absolute Gasteiger partial charge is 0.407 e. The number of nitrogens with one attached hydrogen (secondary N) is 2. The average Bonchev–Trinajstić information content (AvgIpc) is 2.76. The van der Waals surface area contributed by atoms with Crippen LogP contribution < -0.4 is 10.6 Å². The van der Waals surface area contributed by atoms with E-state index >= 15 is 0 Å². The lowest BCUT2D eigenvalue weighted by Gasteiger charge is -2.28. The van der Waals surface area contributed by atoms with E-state index in [0.717, 1.165) is 6.42 Å². The minimum absolute atomic E-state index is 0.0107. The molecular formula is C27H32N2O2. The van der Waals surface area contributed by atoms with Crippen molar-refractivity contribution in [1.82, 2.24) is 10.6 Å². The molecule has 0 saturated carbocycles. The van der Waals surface area contributed by atoms with Gasteiger partial charge in [-0.2, -0.15) is 0 Å². The molecule has 4 nitrogen and oxygen atoms in total. The number of carbonyl (C=O) groups is 1. The number of ether oxygens (including phenoxy) is 1. The van der Waals surface area contributed by atoms with E-state index in [-0.39, 0.29) is 12.1 Å². The third kappa shape index (κ3) is 7.58. The van der Waals surface area contributed by atoms with Gasteiger partial charge in [0.2, 0.25) is 0 Å². The van der Waals surface area contributed by atoms with Crippen LogP contribution in [0, 0.1) is 0 Å². The van der Waals surface area contributed by atoms with Gasteiger partial charge in [0.15, 0.2) is 0 Å². The SMILES string of the molecule is CC(C)(C)OC(=O)NC[C@@H](Cc1ccccc1)NC(c1ccccc1)c1ccccc1. The number of hydrogen-bond donors (Lipinski definition) is 2. The Morgan fingerprint density at radius 2 is 1.29 bits per heavy atom. The molecule has 3 aromatic rings. The highest BCUT2D eigenvalue weighted by molar-refractivity contribution is 5.67. The maximum atomic E-state index is 12.3. The summed E-state index contributed by atoms with van der Waals surface area (Å²) in [4.78, 5) is 12.3.